The van der Waals surface area contributed by atoms with Gasteiger partial charge in [-0.25, -0.2) is 4.39 Å². The van der Waals surface area contributed by atoms with E-state index in [2.05, 4.69) is 10.6 Å². The predicted octanol–water partition coefficient (Wildman–Crippen LogP) is 2.19. The number of nitrogens with one attached hydrogen (secondary N) is 2. The number of hydrogen-bond acceptors (Lipinski definition) is 4. The number of carbonyl (C=O) groups is 4. The van der Waals surface area contributed by atoms with E-state index in [1.807, 2.05) is 13.8 Å². The number of ketones is 1. The number of hydrogen-bond donors (Lipinski definition) is 3. The Kier molecular flexibility index (Phi) is 9.45. The first kappa shape index (κ1) is 25.6. The van der Waals surface area contributed by atoms with Crippen molar-refractivity contribution in [1.29, 1.82) is 0 Å². The van der Waals surface area contributed by atoms with Crippen LogP contribution in [0.15, 0.2) is 24.3 Å². The minimum atomic E-state index is -2.01. The molecule has 0 heterocycles. The second-order valence-electron chi connectivity index (χ2n) is 7.23. The minimum absolute atomic E-state index is 0.0118. The highest BCUT2D eigenvalue weighted by atomic mass is 35.5. The fraction of sp³-hybridized carbons (Fsp3) is 0.400. The van der Waals surface area contributed by atoms with E-state index in [0.717, 1.165) is 19.1 Å². The van der Waals surface area contributed by atoms with Gasteiger partial charge in [-0.15, -0.1) is 11.6 Å². The third-order valence-electron chi connectivity index (χ3n) is 4.26. The Morgan fingerprint density at radius 1 is 1.27 bits per heavy atom. The number of carbonyl (C=O) groups excluding carboxylic acids is 4. The van der Waals surface area contributed by atoms with Gasteiger partial charge in [0.2, 0.25) is 11.8 Å². The van der Waals surface area contributed by atoms with Crippen molar-refractivity contribution >= 4 is 52.8 Å². The van der Waals surface area contributed by atoms with E-state index in [0.29, 0.717) is 0 Å². The summed E-state index contributed by atoms with van der Waals surface area (Å²) in [6, 6.07) is 2.90. The number of alkyl halides is 1. The molecular weight excluding hydrogens is 436 g/mol. The molecule has 30 heavy (non-hydrogen) atoms. The lowest BCUT2D eigenvalue weighted by atomic mass is 9.94. The molecular formula is C20H24Cl2FN3O4. The molecule has 1 rings (SSSR count). The zero-order valence-electron chi connectivity index (χ0n) is 16.8. The minimum Gasteiger partial charge on any atom is -0.367 e. The van der Waals surface area contributed by atoms with Gasteiger partial charge in [-0.3, -0.25) is 19.2 Å². The summed E-state index contributed by atoms with van der Waals surface area (Å²) >= 11 is 11.2. The summed E-state index contributed by atoms with van der Waals surface area (Å²) in [5.74, 6) is -4.46. The monoisotopic (exact) mass is 459 g/mol. The maximum Gasteiger partial charge on any atom is 0.250 e. The van der Waals surface area contributed by atoms with Crippen LogP contribution < -0.4 is 16.4 Å². The first-order valence-corrected chi connectivity index (χ1v) is 9.96. The van der Waals surface area contributed by atoms with Crippen LogP contribution in [0.3, 0.4) is 0 Å². The molecule has 0 bridgehead atoms. The molecule has 0 aliphatic heterocycles. The average Bonchev–Trinajstić information content (AvgIpc) is 2.65. The van der Waals surface area contributed by atoms with Gasteiger partial charge in [0, 0.05) is 16.7 Å². The summed E-state index contributed by atoms with van der Waals surface area (Å²) in [5.41, 5.74) is 3.38. The highest BCUT2D eigenvalue weighted by Gasteiger charge is 2.41. The van der Waals surface area contributed by atoms with Gasteiger partial charge >= 0.3 is 0 Å². The Morgan fingerprint density at radius 3 is 2.40 bits per heavy atom. The molecule has 0 aliphatic rings. The van der Waals surface area contributed by atoms with Gasteiger partial charge in [-0.2, -0.15) is 0 Å². The summed E-state index contributed by atoms with van der Waals surface area (Å²) < 4.78 is 13.8. The lowest BCUT2D eigenvalue weighted by Gasteiger charge is -2.28. The molecule has 0 saturated heterocycles. The molecule has 164 valence electrons. The molecule has 3 amide bonds. The molecule has 10 heteroatoms. The molecule has 2 atom stereocenters. The summed E-state index contributed by atoms with van der Waals surface area (Å²) in [6.07, 6.45) is 2.50. The maximum absolute atomic E-state index is 13.8. The van der Waals surface area contributed by atoms with Crippen molar-refractivity contribution in [2.75, 3.05) is 5.88 Å². The summed E-state index contributed by atoms with van der Waals surface area (Å²) in [5, 5.41) is 4.98. The van der Waals surface area contributed by atoms with Crippen LogP contribution in [0.5, 0.6) is 0 Å². The smallest absolute Gasteiger partial charge is 0.250 e. The molecule has 7 nitrogen and oxygen atoms in total. The van der Waals surface area contributed by atoms with Crippen LogP contribution in [-0.2, 0) is 19.2 Å². The lowest BCUT2D eigenvalue weighted by Crippen LogP contribution is -2.64. The summed E-state index contributed by atoms with van der Waals surface area (Å²) in [6.45, 7) is 4.79. The average molecular weight is 460 g/mol. The van der Waals surface area contributed by atoms with E-state index < -0.39 is 46.8 Å². The van der Waals surface area contributed by atoms with Crippen molar-refractivity contribution in [1.82, 2.24) is 10.6 Å². The van der Waals surface area contributed by atoms with Gasteiger partial charge in [-0.1, -0.05) is 31.5 Å². The van der Waals surface area contributed by atoms with Gasteiger partial charge in [0.25, 0.3) is 5.91 Å². The molecule has 4 N–H and O–H groups in total. The fourth-order valence-corrected chi connectivity index (χ4v) is 2.89. The first-order valence-electron chi connectivity index (χ1n) is 9.05. The van der Waals surface area contributed by atoms with E-state index in [4.69, 9.17) is 28.9 Å². The summed E-state index contributed by atoms with van der Waals surface area (Å²) in [7, 11) is 0. The Bertz CT molecular complexity index is 860. The fourth-order valence-electron chi connectivity index (χ4n) is 2.46. The normalized spacial score (nSPS) is 14.2. The van der Waals surface area contributed by atoms with Crippen LogP contribution in [0.2, 0.25) is 5.02 Å². The van der Waals surface area contributed by atoms with Crippen molar-refractivity contribution < 1.29 is 23.6 Å². The van der Waals surface area contributed by atoms with Crippen molar-refractivity contribution in [3.8, 4) is 0 Å². The zero-order valence-corrected chi connectivity index (χ0v) is 18.3. The molecule has 0 aliphatic carbocycles. The van der Waals surface area contributed by atoms with Crippen LogP contribution in [0.4, 0.5) is 4.39 Å². The third kappa shape index (κ3) is 7.11. The van der Waals surface area contributed by atoms with Crippen molar-refractivity contribution in [2.24, 2.45) is 11.7 Å². The highest BCUT2D eigenvalue weighted by molar-refractivity contribution is 6.32. The zero-order chi connectivity index (χ0) is 23.1. The molecule has 1 aromatic carbocycles. The van der Waals surface area contributed by atoms with Crippen LogP contribution >= 0.6 is 23.2 Å². The van der Waals surface area contributed by atoms with Crippen LogP contribution in [0.1, 0.15) is 32.8 Å². The van der Waals surface area contributed by atoms with Crippen molar-refractivity contribution in [3.63, 3.8) is 0 Å². The van der Waals surface area contributed by atoms with E-state index >= 15 is 0 Å². The predicted molar refractivity (Wildman–Crippen MR) is 113 cm³/mol. The lowest BCUT2D eigenvalue weighted by molar-refractivity contribution is -0.139. The van der Waals surface area contributed by atoms with E-state index in [1.54, 1.807) is 0 Å². The van der Waals surface area contributed by atoms with Gasteiger partial charge in [-0.05, 0) is 37.5 Å². The van der Waals surface area contributed by atoms with Crippen molar-refractivity contribution in [3.05, 3.63) is 40.7 Å². The van der Waals surface area contributed by atoms with Crippen LogP contribution in [0, 0.1) is 11.7 Å². The number of benzene rings is 1. The molecule has 0 aromatic heterocycles. The molecule has 0 fully saturated rings. The first-order chi connectivity index (χ1) is 13.9. The van der Waals surface area contributed by atoms with Gasteiger partial charge in [0.05, 0.1) is 5.88 Å². The molecule has 0 spiro atoms. The number of nitrogens with two attached hydrogens (primary N) is 1. The Balaban J connectivity index is 2.98. The van der Waals surface area contributed by atoms with E-state index in [-0.39, 0.29) is 22.9 Å². The van der Waals surface area contributed by atoms with E-state index in [9.17, 15) is 23.6 Å². The highest BCUT2D eigenvalue weighted by Crippen LogP contribution is 2.16. The van der Waals surface area contributed by atoms with Crippen molar-refractivity contribution in [2.45, 2.75) is 38.8 Å². The second kappa shape index (κ2) is 11.1. The third-order valence-corrected chi connectivity index (χ3v) is 4.74. The molecule has 0 saturated carbocycles. The molecule has 2 unspecified atom stereocenters. The Morgan fingerprint density at radius 2 is 1.90 bits per heavy atom. The number of amides is 3. The maximum atomic E-state index is 13.8. The van der Waals surface area contributed by atoms with Gasteiger partial charge < -0.3 is 16.4 Å². The number of Topliss-reactive ketones (excluding diaryl/α,β-unsaturated/α-hetero) is 1. The van der Waals surface area contributed by atoms with E-state index in [1.165, 1.54) is 18.2 Å². The summed E-state index contributed by atoms with van der Waals surface area (Å²) in [4.78, 5) is 48.7. The number of halogens is 3. The standard InChI is InChI=1S/C20H24Cl2FN3O4/c1-11(2)8-15(18(29)26-20(3,19(24)30)16(27)10-21)25-17(28)7-5-12-4-6-13(22)9-14(12)23/h4-7,9,11,15H,8,10H2,1-3H3,(H2,24,30)(H,25,28)(H,26,29)/b7-5+. The number of primary amides is 1. The largest absolute Gasteiger partial charge is 0.367 e. The SMILES string of the molecule is CC(C)CC(NC(=O)/C=C/c1ccc(Cl)cc1F)C(=O)NC(C)(C(N)=O)C(=O)CCl. The second-order valence-corrected chi connectivity index (χ2v) is 7.93. The molecule has 0 radical (unpaired) electrons. The quantitative estimate of drug-likeness (QED) is 0.282. The molecule has 1 aromatic rings. The van der Waals surface area contributed by atoms with Crippen LogP contribution in [0.25, 0.3) is 6.08 Å². The van der Waals surface area contributed by atoms with Crippen LogP contribution in [-0.4, -0.2) is 41.0 Å². The number of rotatable bonds is 10. The Labute approximate surface area is 184 Å². The topological polar surface area (TPSA) is 118 Å². The van der Waals surface area contributed by atoms with Gasteiger partial charge in [0.1, 0.15) is 11.9 Å². The van der Waals surface area contributed by atoms with Gasteiger partial charge in [0.15, 0.2) is 11.3 Å². The Hall–Kier alpha value is -2.45.